The van der Waals surface area contributed by atoms with Crippen molar-refractivity contribution in [1.29, 1.82) is 0 Å². The van der Waals surface area contributed by atoms with Crippen LogP contribution in [0.15, 0.2) is 48.6 Å². The standard InChI is InChI=1S/C25H27ClN2O6/c1-2-15(14-29)28-21-23(31)27(17-9-4-3-8-16(17)26)12-7-11-25(21)20(22(28)30)19-18(34-25)10-5-6-13-33-24(19)32/h3-5,7-11,15,18-21,29H,2,6,12-14H2,1H3/t15-,18-,19+,20-,21?,25-/m0/s1. The third-order valence-electron chi connectivity index (χ3n) is 7.28. The summed E-state index contributed by atoms with van der Waals surface area (Å²) in [6.07, 6.45) is 7.51. The summed E-state index contributed by atoms with van der Waals surface area (Å²) in [5.41, 5.74) is -0.845. The summed E-state index contributed by atoms with van der Waals surface area (Å²) in [7, 11) is 0. The molecule has 1 unspecified atom stereocenters. The first kappa shape index (κ1) is 23.1. The van der Waals surface area contributed by atoms with Crippen molar-refractivity contribution in [1.82, 2.24) is 4.90 Å². The van der Waals surface area contributed by atoms with E-state index in [4.69, 9.17) is 21.1 Å². The molecule has 2 fully saturated rings. The van der Waals surface area contributed by atoms with E-state index in [0.717, 1.165) is 0 Å². The number of aliphatic hydroxyl groups is 1. The first-order valence-corrected chi connectivity index (χ1v) is 12.0. The fourth-order valence-electron chi connectivity index (χ4n) is 5.74. The Morgan fingerprint density at radius 1 is 1.21 bits per heavy atom. The molecular weight excluding hydrogens is 460 g/mol. The smallest absolute Gasteiger partial charge is 0.312 e. The van der Waals surface area contributed by atoms with Gasteiger partial charge in [0.15, 0.2) is 0 Å². The Bertz CT molecular complexity index is 1070. The molecule has 1 spiro atoms. The number of para-hydroxylation sites is 1. The van der Waals surface area contributed by atoms with Crippen molar-refractivity contribution in [2.45, 2.75) is 43.6 Å². The molecule has 9 heteroatoms. The Balaban J connectivity index is 1.66. The molecule has 0 radical (unpaired) electrons. The van der Waals surface area contributed by atoms with Crippen LogP contribution in [-0.4, -0.2) is 71.3 Å². The van der Waals surface area contributed by atoms with Gasteiger partial charge >= 0.3 is 5.97 Å². The maximum atomic E-state index is 14.2. The van der Waals surface area contributed by atoms with Gasteiger partial charge in [0.2, 0.25) is 5.91 Å². The first-order chi connectivity index (χ1) is 16.4. The third-order valence-corrected chi connectivity index (χ3v) is 7.60. The van der Waals surface area contributed by atoms with E-state index in [1.807, 2.05) is 13.0 Å². The van der Waals surface area contributed by atoms with Crippen LogP contribution in [-0.2, 0) is 23.9 Å². The average Bonchev–Trinajstić information content (AvgIpc) is 3.20. The van der Waals surface area contributed by atoms with Crippen LogP contribution in [0, 0.1) is 11.8 Å². The zero-order valence-electron chi connectivity index (χ0n) is 18.8. The highest BCUT2D eigenvalue weighted by atomic mass is 35.5. The summed E-state index contributed by atoms with van der Waals surface area (Å²) >= 11 is 6.43. The van der Waals surface area contributed by atoms with Crippen molar-refractivity contribution in [3.8, 4) is 0 Å². The molecule has 1 aromatic carbocycles. The number of carbonyl (C=O) groups excluding carboxylic acids is 3. The average molecular weight is 487 g/mol. The first-order valence-electron chi connectivity index (χ1n) is 11.6. The van der Waals surface area contributed by atoms with E-state index < -0.39 is 41.6 Å². The predicted molar refractivity (Wildman–Crippen MR) is 124 cm³/mol. The van der Waals surface area contributed by atoms with E-state index in [1.54, 1.807) is 42.5 Å². The van der Waals surface area contributed by atoms with Gasteiger partial charge in [-0.3, -0.25) is 14.4 Å². The number of benzene rings is 1. The molecule has 6 atom stereocenters. The number of amides is 2. The number of halogens is 1. The van der Waals surface area contributed by atoms with Gasteiger partial charge in [0, 0.05) is 6.54 Å². The minimum Gasteiger partial charge on any atom is -0.465 e. The Morgan fingerprint density at radius 2 is 2.00 bits per heavy atom. The Hall–Kier alpha value is -2.68. The van der Waals surface area contributed by atoms with Gasteiger partial charge < -0.3 is 24.4 Å². The zero-order valence-corrected chi connectivity index (χ0v) is 19.6. The summed E-state index contributed by atoms with van der Waals surface area (Å²) in [5.74, 6) is -3.08. The second-order valence-electron chi connectivity index (χ2n) is 9.02. The predicted octanol–water partition coefficient (Wildman–Crippen LogP) is 2.10. The molecule has 0 saturated carbocycles. The molecule has 180 valence electrons. The summed E-state index contributed by atoms with van der Waals surface area (Å²) in [6.45, 7) is 1.98. The van der Waals surface area contributed by atoms with Gasteiger partial charge in [-0.25, -0.2) is 0 Å². The molecule has 2 saturated heterocycles. The van der Waals surface area contributed by atoms with Gasteiger partial charge in [0.25, 0.3) is 5.91 Å². The SMILES string of the molecule is CC[C@@H](CO)N1C(=O)[C@@H]2[C@@H]3C(=O)OCCC=C[C@@H]3O[C@@]23C=CCN(c2ccccc2Cl)C(=O)C13. The van der Waals surface area contributed by atoms with E-state index in [1.165, 1.54) is 9.80 Å². The number of rotatable bonds is 4. The van der Waals surface area contributed by atoms with Crippen molar-refractivity contribution in [3.63, 3.8) is 0 Å². The minimum absolute atomic E-state index is 0.225. The van der Waals surface area contributed by atoms with Gasteiger partial charge in [0.05, 0.1) is 42.0 Å². The zero-order chi connectivity index (χ0) is 24.0. The number of carbonyl (C=O) groups is 3. The van der Waals surface area contributed by atoms with E-state index in [2.05, 4.69) is 0 Å². The third kappa shape index (κ3) is 3.31. The molecule has 4 aliphatic rings. The lowest BCUT2D eigenvalue weighted by Crippen LogP contribution is -2.58. The van der Waals surface area contributed by atoms with Gasteiger partial charge in [-0.1, -0.05) is 55.0 Å². The molecule has 1 aromatic rings. The summed E-state index contributed by atoms with van der Waals surface area (Å²) in [6, 6.07) is 5.35. The highest BCUT2D eigenvalue weighted by molar-refractivity contribution is 6.34. The van der Waals surface area contributed by atoms with E-state index in [-0.39, 0.29) is 31.6 Å². The Kier molecular flexibility index (Phi) is 6.00. The lowest BCUT2D eigenvalue weighted by Gasteiger charge is -2.38. The lowest BCUT2D eigenvalue weighted by atomic mass is 9.77. The Labute approximate surface area is 202 Å². The normalized spacial score (nSPS) is 33.6. The van der Waals surface area contributed by atoms with Gasteiger partial charge in [-0.15, -0.1) is 0 Å². The topological polar surface area (TPSA) is 96.4 Å². The van der Waals surface area contributed by atoms with Crippen LogP contribution >= 0.6 is 11.6 Å². The molecule has 2 amide bonds. The molecule has 8 nitrogen and oxygen atoms in total. The van der Waals surface area contributed by atoms with Crippen LogP contribution in [0.25, 0.3) is 0 Å². The molecular formula is C25H27ClN2O6. The number of fused-ring (bicyclic) bond motifs is 2. The Morgan fingerprint density at radius 3 is 2.74 bits per heavy atom. The largest absolute Gasteiger partial charge is 0.465 e. The van der Waals surface area contributed by atoms with Crippen molar-refractivity contribution in [2.75, 3.05) is 24.7 Å². The number of hydrogen-bond donors (Lipinski definition) is 1. The number of hydrogen-bond acceptors (Lipinski definition) is 6. The summed E-state index contributed by atoms with van der Waals surface area (Å²) in [4.78, 5) is 44.1. The summed E-state index contributed by atoms with van der Waals surface area (Å²) < 4.78 is 11.9. The number of ether oxygens (including phenoxy) is 2. The van der Waals surface area contributed by atoms with Crippen molar-refractivity contribution >= 4 is 35.1 Å². The number of likely N-dealkylation sites (tertiary alicyclic amines) is 1. The van der Waals surface area contributed by atoms with Crippen LogP contribution in [0.1, 0.15) is 19.8 Å². The number of aliphatic hydroxyl groups excluding tert-OH is 1. The van der Waals surface area contributed by atoms with E-state index in [0.29, 0.717) is 23.6 Å². The monoisotopic (exact) mass is 486 g/mol. The molecule has 0 aliphatic carbocycles. The van der Waals surface area contributed by atoms with Gasteiger partial charge in [-0.05, 0) is 25.0 Å². The molecule has 5 rings (SSSR count). The van der Waals surface area contributed by atoms with Crippen LogP contribution in [0.5, 0.6) is 0 Å². The lowest BCUT2D eigenvalue weighted by molar-refractivity contribution is -0.155. The maximum Gasteiger partial charge on any atom is 0.312 e. The maximum absolute atomic E-state index is 14.2. The van der Waals surface area contributed by atoms with Crippen LogP contribution in [0.4, 0.5) is 5.69 Å². The van der Waals surface area contributed by atoms with Gasteiger partial charge in [-0.2, -0.15) is 0 Å². The number of anilines is 1. The van der Waals surface area contributed by atoms with Crippen molar-refractivity contribution < 1.29 is 29.0 Å². The van der Waals surface area contributed by atoms with Crippen LogP contribution < -0.4 is 4.90 Å². The second kappa shape index (κ2) is 8.83. The number of nitrogens with zero attached hydrogens (tertiary/aromatic N) is 2. The number of cyclic esters (lactones) is 1. The molecule has 4 heterocycles. The fourth-order valence-corrected chi connectivity index (χ4v) is 5.98. The quantitative estimate of drug-likeness (QED) is 0.517. The number of esters is 1. The summed E-state index contributed by atoms with van der Waals surface area (Å²) in [5, 5.41) is 10.5. The molecule has 0 bridgehead atoms. The van der Waals surface area contributed by atoms with Gasteiger partial charge in [0.1, 0.15) is 17.6 Å². The highest BCUT2D eigenvalue weighted by Crippen LogP contribution is 2.54. The molecule has 1 N–H and O–H groups in total. The molecule has 34 heavy (non-hydrogen) atoms. The van der Waals surface area contributed by atoms with Crippen molar-refractivity contribution in [2.24, 2.45) is 11.8 Å². The van der Waals surface area contributed by atoms with Crippen LogP contribution in [0.2, 0.25) is 5.02 Å². The second-order valence-corrected chi connectivity index (χ2v) is 9.43. The fraction of sp³-hybridized carbons (Fsp3) is 0.480. The molecule has 0 aromatic heterocycles. The van der Waals surface area contributed by atoms with Crippen molar-refractivity contribution in [3.05, 3.63) is 53.6 Å². The van der Waals surface area contributed by atoms with Crippen LogP contribution in [0.3, 0.4) is 0 Å². The van der Waals surface area contributed by atoms with E-state index >= 15 is 0 Å². The minimum atomic E-state index is -1.37. The highest BCUT2D eigenvalue weighted by Gasteiger charge is 2.72. The van der Waals surface area contributed by atoms with E-state index in [9.17, 15) is 19.5 Å². The molecule has 4 aliphatic heterocycles.